The molecule has 3 rings (SSSR count). The lowest BCUT2D eigenvalue weighted by atomic mass is 9.96. The summed E-state index contributed by atoms with van der Waals surface area (Å²) in [5, 5.41) is 13.6. The van der Waals surface area contributed by atoms with Gasteiger partial charge in [0.05, 0.1) is 0 Å². The second-order valence-corrected chi connectivity index (χ2v) is 6.26. The molecule has 1 atom stereocenters. The third-order valence-corrected chi connectivity index (χ3v) is 4.40. The molecular weight excluding hydrogens is 272 g/mol. The monoisotopic (exact) mass is 296 g/mol. The van der Waals surface area contributed by atoms with Crippen LogP contribution in [0.3, 0.4) is 0 Å². The maximum absolute atomic E-state index is 10.0. The fourth-order valence-corrected chi connectivity index (χ4v) is 3.22. The number of nitrogens with zero attached hydrogens (tertiary/aromatic N) is 1. The SMILES string of the molecule is Cc1cc(-c2cc(O)cc(CCC3CCCCN3)c2)ccn1. The average molecular weight is 296 g/mol. The lowest BCUT2D eigenvalue weighted by molar-refractivity contribution is 0.382. The van der Waals surface area contributed by atoms with Crippen LogP contribution in [0.1, 0.15) is 36.9 Å². The van der Waals surface area contributed by atoms with Crippen LogP contribution < -0.4 is 5.32 Å². The third kappa shape index (κ3) is 3.86. The van der Waals surface area contributed by atoms with Crippen LogP contribution in [0.5, 0.6) is 5.75 Å². The molecule has 0 spiro atoms. The molecule has 2 heterocycles. The van der Waals surface area contributed by atoms with Crippen molar-refractivity contribution in [2.45, 2.75) is 45.1 Å². The first-order valence-corrected chi connectivity index (χ1v) is 8.20. The molecule has 1 aliphatic rings. The van der Waals surface area contributed by atoms with Gasteiger partial charge in [0.2, 0.25) is 0 Å². The van der Waals surface area contributed by atoms with Crippen LogP contribution in [0, 0.1) is 6.92 Å². The number of hydrogen-bond acceptors (Lipinski definition) is 3. The van der Waals surface area contributed by atoms with E-state index in [0.29, 0.717) is 11.8 Å². The number of nitrogens with one attached hydrogen (secondary N) is 1. The van der Waals surface area contributed by atoms with Gasteiger partial charge in [0.1, 0.15) is 5.75 Å². The normalized spacial score (nSPS) is 18.3. The first-order valence-electron chi connectivity index (χ1n) is 8.20. The molecule has 1 aromatic carbocycles. The van der Waals surface area contributed by atoms with E-state index < -0.39 is 0 Å². The predicted molar refractivity (Wildman–Crippen MR) is 90.0 cm³/mol. The van der Waals surface area contributed by atoms with E-state index in [1.54, 1.807) is 0 Å². The lowest BCUT2D eigenvalue weighted by Gasteiger charge is -2.23. The summed E-state index contributed by atoms with van der Waals surface area (Å²) in [7, 11) is 0. The van der Waals surface area contributed by atoms with Crippen LogP contribution in [0.4, 0.5) is 0 Å². The topological polar surface area (TPSA) is 45.1 Å². The van der Waals surface area contributed by atoms with E-state index >= 15 is 0 Å². The number of aromatic hydroxyl groups is 1. The third-order valence-electron chi connectivity index (χ3n) is 4.40. The van der Waals surface area contributed by atoms with Crippen LogP contribution in [-0.2, 0) is 6.42 Å². The van der Waals surface area contributed by atoms with Gasteiger partial charge in [-0.1, -0.05) is 12.5 Å². The Balaban J connectivity index is 1.74. The van der Waals surface area contributed by atoms with Gasteiger partial charge in [-0.15, -0.1) is 0 Å². The van der Waals surface area contributed by atoms with Gasteiger partial charge in [-0.3, -0.25) is 4.98 Å². The van der Waals surface area contributed by atoms with Crippen molar-refractivity contribution in [2.24, 2.45) is 0 Å². The largest absolute Gasteiger partial charge is 0.508 e. The zero-order valence-electron chi connectivity index (χ0n) is 13.2. The molecular formula is C19H24N2O. The molecule has 3 nitrogen and oxygen atoms in total. The van der Waals surface area contributed by atoms with Crippen LogP contribution in [0.25, 0.3) is 11.1 Å². The smallest absolute Gasteiger partial charge is 0.116 e. The van der Waals surface area contributed by atoms with Crippen molar-refractivity contribution >= 4 is 0 Å². The minimum Gasteiger partial charge on any atom is -0.508 e. The van der Waals surface area contributed by atoms with Crippen molar-refractivity contribution in [1.82, 2.24) is 10.3 Å². The summed E-state index contributed by atoms with van der Waals surface area (Å²) in [6.45, 7) is 3.13. The molecule has 1 unspecified atom stereocenters. The summed E-state index contributed by atoms with van der Waals surface area (Å²) >= 11 is 0. The Bertz CT molecular complexity index is 633. The van der Waals surface area contributed by atoms with E-state index in [2.05, 4.69) is 22.4 Å². The lowest BCUT2D eigenvalue weighted by Crippen LogP contribution is -2.34. The fraction of sp³-hybridized carbons (Fsp3) is 0.421. The van der Waals surface area contributed by atoms with Crippen LogP contribution in [-0.4, -0.2) is 22.7 Å². The number of aromatic nitrogens is 1. The molecule has 0 saturated carbocycles. The van der Waals surface area contributed by atoms with Crippen molar-refractivity contribution in [2.75, 3.05) is 6.54 Å². The first kappa shape index (κ1) is 15.0. The highest BCUT2D eigenvalue weighted by Gasteiger charge is 2.12. The van der Waals surface area contributed by atoms with Gasteiger partial charge in [0.25, 0.3) is 0 Å². The number of rotatable bonds is 4. The predicted octanol–water partition coefficient (Wildman–Crippen LogP) is 3.84. The van der Waals surface area contributed by atoms with Crippen molar-refractivity contribution in [3.63, 3.8) is 0 Å². The van der Waals surface area contributed by atoms with Gasteiger partial charge in [-0.2, -0.15) is 0 Å². The second-order valence-electron chi connectivity index (χ2n) is 6.26. The van der Waals surface area contributed by atoms with E-state index in [1.807, 2.05) is 31.3 Å². The van der Waals surface area contributed by atoms with E-state index in [9.17, 15) is 5.11 Å². The molecule has 3 heteroatoms. The Kier molecular flexibility index (Phi) is 4.74. The summed E-state index contributed by atoms with van der Waals surface area (Å²) in [6, 6.07) is 10.6. The summed E-state index contributed by atoms with van der Waals surface area (Å²) in [4.78, 5) is 4.24. The van der Waals surface area contributed by atoms with Crippen LogP contribution >= 0.6 is 0 Å². The van der Waals surface area contributed by atoms with Gasteiger partial charge in [-0.25, -0.2) is 0 Å². The molecule has 2 aromatic rings. The molecule has 0 radical (unpaired) electrons. The van der Waals surface area contributed by atoms with E-state index in [1.165, 1.54) is 24.8 Å². The van der Waals surface area contributed by atoms with Crippen LogP contribution in [0.15, 0.2) is 36.5 Å². The van der Waals surface area contributed by atoms with Gasteiger partial charge < -0.3 is 10.4 Å². The fourth-order valence-electron chi connectivity index (χ4n) is 3.22. The summed E-state index contributed by atoms with van der Waals surface area (Å²) in [6.07, 6.45) is 7.87. The van der Waals surface area contributed by atoms with E-state index in [-0.39, 0.29) is 0 Å². The summed E-state index contributed by atoms with van der Waals surface area (Å²) in [5.74, 6) is 0.346. The first-order chi connectivity index (χ1) is 10.7. The Hall–Kier alpha value is -1.87. The Morgan fingerprint density at radius 2 is 2.09 bits per heavy atom. The number of phenols is 1. The number of piperidine rings is 1. The molecule has 0 bridgehead atoms. The van der Waals surface area contributed by atoms with Crippen molar-refractivity contribution < 1.29 is 5.11 Å². The summed E-state index contributed by atoms with van der Waals surface area (Å²) in [5.41, 5.74) is 4.38. The Morgan fingerprint density at radius 1 is 1.18 bits per heavy atom. The van der Waals surface area contributed by atoms with E-state index in [4.69, 9.17) is 0 Å². The van der Waals surface area contributed by atoms with E-state index in [0.717, 1.165) is 36.2 Å². The standard InChI is InChI=1S/C19H24N2O/c1-14-10-16(7-9-20-14)17-11-15(12-19(22)13-17)5-6-18-4-2-3-8-21-18/h7,9-13,18,21-22H,2-6,8H2,1H3. The number of hydrogen-bond donors (Lipinski definition) is 2. The molecule has 2 N–H and O–H groups in total. The molecule has 1 fully saturated rings. The van der Waals surface area contributed by atoms with Crippen LogP contribution in [0.2, 0.25) is 0 Å². The highest BCUT2D eigenvalue weighted by atomic mass is 16.3. The Morgan fingerprint density at radius 3 is 2.86 bits per heavy atom. The van der Waals surface area contributed by atoms with Gasteiger partial charge in [-0.05, 0) is 80.1 Å². The number of phenolic OH excluding ortho intramolecular Hbond substituents is 1. The zero-order chi connectivity index (χ0) is 15.4. The van der Waals surface area contributed by atoms with Crippen molar-refractivity contribution in [1.29, 1.82) is 0 Å². The maximum atomic E-state index is 10.0. The number of pyridine rings is 1. The quantitative estimate of drug-likeness (QED) is 0.901. The van der Waals surface area contributed by atoms with Crippen molar-refractivity contribution in [3.8, 4) is 16.9 Å². The van der Waals surface area contributed by atoms with Gasteiger partial charge in [0, 0.05) is 17.9 Å². The van der Waals surface area contributed by atoms with Gasteiger partial charge >= 0.3 is 0 Å². The molecule has 1 saturated heterocycles. The zero-order valence-corrected chi connectivity index (χ0v) is 13.2. The molecule has 1 aliphatic heterocycles. The minimum absolute atomic E-state index is 0.346. The highest BCUT2D eigenvalue weighted by molar-refractivity contribution is 5.66. The molecule has 1 aromatic heterocycles. The van der Waals surface area contributed by atoms with Gasteiger partial charge in [0.15, 0.2) is 0 Å². The molecule has 0 amide bonds. The Labute approximate surface area is 132 Å². The average Bonchev–Trinajstić information content (AvgIpc) is 2.53. The molecule has 116 valence electrons. The minimum atomic E-state index is 0.346. The summed E-state index contributed by atoms with van der Waals surface area (Å²) < 4.78 is 0. The maximum Gasteiger partial charge on any atom is 0.116 e. The number of aryl methyl sites for hydroxylation is 2. The highest BCUT2D eigenvalue weighted by Crippen LogP contribution is 2.27. The molecule has 22 heavy (non-hydrogen) atoms. The number of benzene rings is 1. The van der Waals surface area contributed by atoms with Crippen molar-refractivity contribution in [3.05, 3.63) is 47.8 Å². The second kappa shape index (κ2) is 6.93. The molecule has 0 aliphatic carbocycles.